The second-order valence-corrected chi connectivity index (χ2v) is 4.25. The van der Waals surface area contributed by atoms with Gasteiger partial charge in [0.15, 0.2) is 0 Å². The van der Waals surface area contributed by atoms with Crippen molar-refractivity contribution in [1.82, 2.24) is 0 Å². The number of benzene rings is 1. The molecule has 0 saturated heterocycles. The molecule has 1 aliphatic rings. The lowest BCUT2D eigenvalue weighted by atomic mass is 10.4. The molecule has 1 heterocycles. The number of hydrogen-bond acceptors (Lipinski definition) is 2. The molecule has 0 amide bonds. The minimum Gasteiger partial charge on any atom is -0.114 e. The minimum atomic E-state index is 1.19. The molecule has 0 nitrogen and oxygen atoms in total. The molecule has 9 heavy (non-hydrogen) atoms. The average molecular weight is 154 g/mol. The number of fused-ring (bicyclic) bond motifs is 1. The van der Waals surface area contributed by atoms with Crippen LogP contribution >= 0.6 is 23.5 Å². The van der Waals surface area contributed by atoms with Gasteiger partial charge in [0.1, 0.15) is 0 Å². The van der Waals surface area contributed by atoms with Crippen molar-refractivity contribution in [2.24, 2.45) is 0 Å². The van der Waals surface area contributed by atoms with Gasteiger partial charge in [-0.25, -0.2) is 0 Å². The van der Waals surface area contributed by atoms with Crippen LogP contribution in [0, 0.1) is 0 Å². The van der Waals surface area contributed by atoms with E-state index in [0.29, 0.717) is 0 Å². The quantitative estimate of drug-likeness (QED) is 0.563. The smallest absolute Gasteiger partial charge is 0.0487 e. The van der Waals surface area contributed by atoms with E-state index in [1.807, 2.05) is 23.5 Å². The van der Waals surface area contributed by atoms with Crippen LogP contribution in [-0.2, 0) is 0 Å². The Labute approximate surface area is 63.0 Å². The fourth-order valence-electron chi connectivity index (χ4n) is 0.845. The summed E-state index contributed by atoms with van der Waals surface area (Å²) in [5.41, 5.74) is 0. The van der Waals surface area contributed by atoms with Crippen molar-refractivity contribution in [2.75, 3.05) is 5.08 Å². The Morgan fingerprint density at radius 3 is 2.11 bits per heavy atom. The number of thioether (sulfide) groups is 2. The number of rotatable bonds is 0. The van der Waals surface area contributed by atoms with E-state index in [2.05, 4.69) is 24.3 Å². The van der Waals surface area contributed by atoms with Gasteiger partial charge in [-0.2, -0.15) is 0 Å². The Morgan fingerprint density at radius 1 is 1.00 bits per heavy atom. The summed E-state index contributed by atoms with van der Waals surface area (Å²) in [4.78, 5) is 2.89. The van der Waals surface area contributed by atoms with Crippen LogP contribution in [0.15, 0.2) is 34.1 Å². The fraction of sp³-hybridized carbons (Fsp3) is 0.143. The zero-order valence-corrected chi connectivity index (χ0v) is 6.47. The molecule has 2 rings (SSSR count). The fourth-order valence-corrected chi connectivity index (χ4v) is 3.22. The molecule has 0 unspecified atom stereocenters. The monoisotopic (exact) mass is 154 g/mol. The van der Waals surface area contributed by atoms with Gasteiger partial charge in [-0.1, -0.05) is 12.1 Å². The van der Waals surface area contributed by atoms with E-state index in [4.69, 9.17) is 0 Å². The van der Waals surface area contributed by atoms with Crippen molar-refractivity contribution < 1.29 is 0 Å². The third-order valence-corrected chi connectivity index (χ3v) is 3.68. The zero-order chi connectivity index (χ0) is 6.10. The Bertz CT molecular complexity index is 197. The van der Waals surface area contributed by atoms with E-state index in [9.17, 15) is 0 Å². The number of hydrogen-bond donors (Lipinski definition) is 0. The SMILES string of the molecule is c1ccc2c(c1)SCS2. The van der Waals surface area contributed by atoms with Crippen LogP contribution < -0.4 is 0 Å². The van der Waals surface area contributed by atoms with E-state index in [1.54, 1.807) is 0 Å². The van der Waals surface area contributed by atoms with Gasteiger partial charge < -0.3 is 0 Å². The lowest BCUT2D eigenvalue weighted by molar-refractivity contribution is 1.27. The molecular weight excluding hydrogens is 148 g/mol. The van der Waals surface area contributed by atoms with Gasteiger partial charge in [-0.05, 0) is 12.1 Å². The first-order valence-corrected chi connectivity index (χ1v) is 4.78. The van der Waals surface area contributed by atoms with E-state index in [0.717, 1.165) is 0 Å². The van der Waals surface area contributed by atoms with Crippen molar-refractivity contribution in [3.05, 3.63) is 24.3 Å². The molecule has 0 fully saturated rings. The highest BCUT2D eigenvalue weighted by molar-refractivity contribution is 8.18. The maximum absolute atomic E-state index is 2.18. The van der Waals surface area contributed by atoms with E-state index < -0.39 is 0 Å². The molecule has 0 bridgehead atoms. The van der Waals surface area contributed by atoms with Crippen molar-refractivity contribution in [3.63, 3.8) is 0 Å². The first-order valence-electron chi connectivity index (χ1n) is 2.81. The summed E-state index contributed by atoms with van der Waals surface area (Å²) in [7, 11) is 0. The Hall–Kier alpha value is -0.0800. The first kappa shape index (κ1) is 5.69. The molecule has 1 aliphatic heterocycles. The lowest BCUT2D eigenvalue weighted by Gasteiger charge is -1.90. The molecule has 0 atom stereocenters. The Morgan fingerprint density at radius 2 is 1.56 bits per heavy atom. The van der Waals surface area contributed by atoms with Gasteiger partial charge in [0.2, 0.25) is 0 Å². The Kier molecular flexibility index (Phi) is 1.44. The van der Waals surface area contributed by atoms with Crippen LogP contribution in [0.3, 0.4) is 0 Å². The summed E-state index contributed by atoms with van der Waals surface area (Å²) in [6, 6.07) is 8.55. The molecule has 0 spiro atoms. The third-order valence-electron chi connectivity index (χ3n) is 1.28. The van der Waals surface area contributed by atoms with Crippen LogP contribution in [0.25, 0.3) is 0 Å². The molecule has 1 aromatic carbocycles. The summed E-state index contributed by atoms with van der Waals surface area (Å²) in [5.74, 6) is 0. The zero-order valence-electron chi connectivity index (χ0n) is 4.83. The topological polar surface area (TPSA) is 0 Å². The molecule has 2 heteroatoms. The summed E-state index contributed by atoms with van der Waals surface area (Å²) in [6.07, 6.45) is 0. The second kappa shape index (κ2) is 2.27. The third kappa shape index (κ3) is 0.970. The molecule has 0 aromatic heterocycles. The van der Waals surface area contributed by atoms with Crippen molar-refractivity contribution in [1.29, 1.82) is 0 Å². The molecule has 46 valence electrons. The van der Waals surface area contributed by atoms with Crippen LogP contribution in [0.1, 0.15) is 0 Å². The molecule has 0 saturated carbocycles. The predicted molar refractivity (Wildman–Crippen MR) is 43.0 cm³/mol. The van der Waals surface area contributed by atoms with Crippen molar-refractivity contribution in [2.45, 2.75) is 9.79 Å². The Balaban J connectivity index is 2.54. The molecule has 0 radical (unpaired) electrons. The largest absolute Gasteiger partial charge is 0.114 e. The normalized spacial score (nSPS) is 15.6. The molecular formula is C7H6S2. The van der Waals surface area contributed by atoms with Gasteiger partial charge in [-0.3, -0.25) is 0 Å². The first-order chi connectivity index (χ1) is 4.47. The molecule has 0 aliphatic carbocycles. The van der Waals surface area contributed by atoms with E-state index >= 15 is 0 Å². The van der Waals surface area contributed by atoms with Crippen LogP contribution in [0.5, 0.6) is 0 Å². The van der Waals surface area contributed by atoms with Gasteiger partial charge in [0, 0.05) is 14.9 Å². The van der Waals surface area contributed by atoms with Crippen molar-refractivity contribution in [3.8, 4) is 0 Å². The van der Waals surface area contributed by atoms with Crippen LogP contribution in [0.4, 0.5) is 0 Å². The van der Waals surface area contributed by atoms with E-state index in [1.165, 1.54) is 14.9 Å². The van der Waals surface area contributed by atoms with Crippen LogP contribution in [-0.4, -0.2) is 5.08 Å². The highest BCUT2D eigenvalue weighted by Crippen LogP contribution is 2.40. The van der Waals surface area contributed by atoms with E-state index in [-0.39, 0.29) is 0 Å². The van der Waals surface area contributed by atoms with Gasteiger partial charge >= 0.3 is 0 Å². The summed E-state index contributed by atoms with van der Waals surface area (Å²) < 4.78 is 0. The van der Waals surface area contributed by atoms with Gasteiger partial charge in [0.05, 0.1) is 0 Å². The maximum atomic E-state index is 2.18. The highest BCUT2D eigenvalue weighted by Gasteiger charge is 2.08. The summed E-state index contributed by atoms with van der Waals surface area (Å²) in [5, 5.41) is 1.19. The predicted octanol–water partition coefficient (Wildman–Crippen LogP) is 2.84. The summed E-state index contributed by atoms with van der Waals surface area (Å²) >= 11 is 3.86. The van der Waals surface area contributed by atoms with Crippen molar-refractivity contribution >= 4 is 23.5 Å². The lowest BCUT2D eigenvalue weighted by Crippen LogP contribution is -1.65. The summed E-state index contributed by atoms with van der Waals surface area (Å²) in [6.45, 7) is 0. The van der Waals surface area contributed by atoms with Gasteiger partial charge in [-0.15, -0.1) is 23.5 Å². The van der Waals surface area contributed by atoms with Crippen LogP contribution in [0.2, 0.25) is 0 Å². The highest BCUT2D eigenvalue weighted by atomic mass is 32.2. The molecule has 1 aromatic rings. The molecule has 0 N–H and O–H groups in total. The van der Waals surface area contributed by atoms with Gasteiger partial charge in [0.25, 0.3) is 0 Å². The standard InChI is InChI=1S/C7H6S2/c1-2-4-7-6(3-1)8-5-9-7/h1-4H,5H2. The minimum absolute atomic E-state index is 1.19. The second-order valence-electron chi connectivity index (χ2n) is 1.85. The average Bonchev–Trinajstić information content (AvgIpc) is 2.33. The maximum Gasteiger partial charge on any atom is 0.0487 e.